The molecule has 1 saturated heterocycles. The molecule has 5 nitrogen and oxygen atoms in total. The van der Waals surface area contributed by atoms with Crippen molar-refractivity contribution in [2.45, 2.75) is 6.92 Å². The smallest absolute Gasteiger partial charge is 0.272 e. The number of anilines is 2. The van der Waals surface area contributed by atoms with E-state index in [1.165, 1.54) is 0 Å². The standard InChI is InChI=1S/C17H18ClN3O2/c1-12-14(18)3-2-4-15(12)20-13-5-6-19-16(11-13)17(22)21-7-9-23-10-8-21/h2-6,11H,7-10H2,1H3,(H,19,20). The van der Waals surface area contributed by atoms with E-state index in [1.54, 1.807) is 17.2 Å². The second-order valence-electron chi connectivity index (χ2n) is 5.37. The molecular weight excluding hydrogens is 314 g/mol. The Kier molecular flexibility index (Phi) is 4.79. The topological polar surface area (TPSA) is 54.5 Å². The lowest BCUT2D eigenvalue weighted by Gasteiger charge is -2.26. The maximum Gasteiger partial charge on any atom is 0.272 e. The van der Waals surface area contributed by atoms with E-state index in [0.717, 1.165) is 16.9 Å². The van der Waals surface area contributed by atoms with Crippen LogP contribution in [0.25, 0.3) is 0 Å². The average Bonchev–Trinajstić information content (AvgIpc) is 2.59. The van der Waals surface area contributed by atoms with Gasteiger partial charge in [-0.15, -0.1) is 0 Å². The Morgan fingerprint density at radius 3 is 2.87 bits per heavy atom. The second kappa shape index (κ2) is 6.98. The molecule has 6 heteroatoms. The quantitative estimate of drug-likeness (QED) is 0.938. The van der Waals surface area contributed by atoms with Crippen LogP contribution in [0.5, 0.6) is 0 Å². The van der Waals surface area contributed by atoms with Gasteiger partial charge in [0.25, 0.3) is 5.91 Å². The van der Waals surface area contributed by atoms with Gasteiger partial charge in [0.15, 0.2) is 0 Å². The maximum atomic E-state index is 12.5. The van der Waals surface area contributed by atoms with Crippen LogP contribution in [0.3, 0.4) is 0 Å². The summed E-state index contributed by atoms with van der Waals surface area (Å²) in [5, 5.41) is 3.99. The second-order valence-corrected chi connectivity index (χ2v) is 5.78. The Balaban J connectivity index is 1.79. The molecule has 0 bridgehead atoms. The minimum absolute atomic E-state index is 0.0697. The zero-order valence-corrected chi connectivity index (χ0v) is 13.6. The van der Waals surface area contributed by atoms with Gasteiger partial charge in [-0.3, -0.25) is 9.78 Å². The van der Waals surface area contributed by atoms with Gasteiger partial charge in [-0.2, -0.15) is 0 Å². The Morgan fingerprint density at radius 2 is 2.09 bits per heavy atom. The van der Waals surface area contributed by atoms with E-state index in [1.807, 2.05) is 31.2 Å². The lowest BCUT2D eigenvalue weighted by Crippen LogP contribution is -2.41. The number of nitrogens with one attached hydrogen (secondary N) is 1. The fourth-order valence-electron chi connectivity index (χ4n) is 2.45. The predicted octanol–water partition coefficient (Wildman–Crippen LogP) is 3.26. The number of carbonyl (C=O) groups is 1. The van der Waals surface area contributed by atoms with E-state index < -0.39 is 0 Å². The fraction of sp³-hybridized carbons (Fsp3) is 0.294. The highest BCUT2D eigenvalue weighted by Gasteiger charge is 2.19. The highest BCUT2D eigenvalue weighted by Crippen LogP contribution is 2.26. The normalized spacial score (nSPS) is 14.6. The fourth-order valence-corrected chi connectivity index (χ4v) is 2.63. The van der Waals surface area contributed by atoms with E-state index in [4.69, 9.17) is 16.3 Å². The molecule has 0 atom stereocenters. The number of aromatic nitrogens is 1. The van der Waals surface area contributed by atoms with Gasteiger partial charge in [0.05, 0.1) is 13.2 Å². The van der Waals surface area contributed by atoms with Crippen molar-refractivity contribution in [3.8, 4) is 0 Å². The number of morpholine rings is 1. The summed E-state index contributed by atoms with van der Waals surface area (Å²) in [6, 6.07) is 9.28. The van der Waals surface area contributed by atoms with Crippen molar-refractivity contribution < 1.29 is 9.53 Å². The van der Waals surface area contributed by atoms with Crippen molar-refractivity contribution >= 4 is 28.9 Å². The number of nitrogens with zero attached hydrogens (tertiary/aromatic N) is 2. The summed E-state index contributed by atoms with van der Waals surface area (Å²) in [5.74, 6) is -0.0697. The summed E-state index contributed by atoms with van der Waals surface area (Å²) in [5.41, 5.74) is 3.11. The van der Waals surface area contributed by atoms with Crippen LogP contribution in [0.2, 0.25) is 5.02 Å². The number of carbonyl (C=O) groups excluding carboxylic acids is 1. The first-order valence-corrected chi connectivity index (χ1v) is 7.88. The summed E-state index contributed by atoms with van der Waals surface area (Å²) in [6.45, 7) is 4.31. The molecule has 1 fully saturated rings. The van der Waals surface area contributed by atoms with E-state index >= 15 is 0 Å². The monoisotopic (exact) mass is 331 g/mol. The molecule has 0 saturated carbocycles. The molecule has 0 spiro atoms. The highest BCUT2D eigenvalue weighted by atomic mass is 35.5. The van der Waals surface area contributed by atoms with Crippen molar-refractivity contribution in [3.05, 3.63) is 52.8 Å². The molecule has 1 amide bonds. The molecule has 120 valence electrons. The number of hydrogen-bond donors (Lipinski definition) is 1. The largest absolute Gasteiger partial charge is 0.378 e. The molecule has 23 heavy (non-hydrogen) atoms. The van der Waals surface area contributed by atoms with Crippen molar-refractivity contribution in [3.63, 3.8) is 0 Å². The molecule has 2 aromatic rings. The van der Waals surface area contributed by atoms with Crippen LogP contribution in [-0.2, 0) is 4.74 Å². The zero-order valence-electron chi connectivity index (χ0n) is 12.9. The third-order valence-corrected chi connectivity index (χ3v) is 4.23. The van der Waals surface area contributed by atoms with Gasteiger partial charge < -0.3 is 15.0 Å². The number of hydrogen-bond acceptors (Lipinski definition) is 4. The molecule has 0 aliphatic carbocycles. The molecule has 1 aromatic heterocycles. The molecule has 3 rings (SSSR count). The van der Waals surface area contributed by atoms with Gasteiger partial charge in [-0.1, -0.05) is 17.7 Å². The summed E-state index contributed by atoms with van der Waals surface area (Å²) in [4.78, 5) is 18.4. The Hall–Kier alpha value is -2.11. The first-order valence-electron chi connectivity index (χ1n) is 7.50. The minimum Gasteiger partial charge on any atom is -0.378 e. The summed E-state index contributed by atoms with van der Waals surface area (Å²) in [7, 11) is 0. The van der Waals surface area contributed by atoms with Crippen molar-refractivity contribution in [1.82, 2.24) is 9.88 Å². The van der Waals surface area contributed by atoms with Gasteiger partial charge >= 0.3 is 0 Å². The maximum absolute atomic E-state index is 12.5. The lowest BCUT2D eigenvalue weighted by molar-refractivity contribution is 0.0299. The van der Waals surface area contributed by atoms with Gasteiger partial charge in [-0.05, 0) is 36.8 Å². The SMILES string of the molecule is Cc1c(Cl)cccc1Nc1ccnc(C(=O)N2CCOCC2)c1. The van der Waals surface area contributed by atoms with Crippen LogP contribution in [0.1, 0.15) is 16.1 Å². The number of pyridine rings is 1. The Morgan fingerprint density at radius 1 is 1.30 bits per heavy atom. The Bertz CT molecular complexity index is 715. The predicted molar refractivity (Wildman–Crippen MR) is 90.4 cm³/mol. The van der Waals surface area contributed by atoms with Gasteiger partial charge in [0.1, 0.15) is 5.69 Å². The number of amides is 1. The summed E-state index contributed by atoms with van der Waals surface area (Å²) in [6.07, 6.45) is 1.63. The first kappa shape index (κ1) is 15.8. The van der Waals surface area contributed by atoms with Gasteiger partial charge in [0.2, 0.25) is 0 Å². The zero-order chi connectivity index (χ0) is 16.2. The molecular formula is C17H18ClN3O2. The van der Waals surface area contributed by atoms with Crippen LogP contribution < -0.4 is 5.32 Å². The Labute approximate surface area is 140 Å². The summed E-state index contributed by atoms with van der Waals surface area (Å²) >= 11 is 6.14. The van der Waals surface area contributed by atoms with Crippen molar-refractivity contribution in [2.24, 2.45) is 0 Å². The number of rotatable bonds is 3. The molecule has 1 N–H and O–H groups in total. The minimum atomic E-state index is -0.0697. The molecule has 0 radical (unpaired) electrons. The van der Waals surface area contributed by atoms with Crippen LogP contribution in [0, 0.1) is 6.92 Å². The van der Waals surface area contributed by atoms with E-state index in [0.29, 0.717) is 37.0 Å². The number of halogens is 1. The molecule has 1 aliphatic heterocycles. The lowest BCUT2D eigenvalue weighted by atomic mass is 10.2. The summed E-state index contributed by atoms with van der Waals surface area (Å²) < 4.78 is 5.27. The van der Waals surface area contributed by atoms with Crippen molar-refractivity contribution in [2.75, 3.05) is 31.6 Å². The third-order valence-electron chi connectivity index (χ3n) is 3.82. The van der Waals surface area contributed by atoms with E-state index in [2.05, 4.69) is 10.3 Å². The molecule has 1 aromatic carbocycles. The van der Waals surface area contributed by atoms with Crippen LogP contribution in [-0.4, -0.2) is 42.1 Å². The van der Waals surface area contributed by atoms with Crippen molar-refractivity contribution in [1.29, 1.82) is 0 Å². The average molecular weight is 332 g/mol. The van der Waals surface area contributed by atoms with Gasteiger partial charge in [-0.25, -0.2) is 0 Å². The number of ether oxygens (including phenoxy) is 1. The highest BCUT2D eigenvalue weighted by molar-refractivity contribution is 6.31. The van der Waals surface area contributed by atoms with E-state index in [9.17, 15) is 4.79 Å². The van der Waals surface area contributed by atoms with E-state index in [-0.39, 0.29) is 5.91 Å². The molecule has 1 aliphatic rings. The molecule has 2 heterocycles. The molecule has 0 unspecified atom stereocenters. The van der Waals surface area contributed by atoms with Crippen LogP contribution in [0.4, 0.5) is 11.4 Å². The third kappa shape index (κ3) is 3.63. The van der Waals surface area contributed by atoms with Crippen LogP contribution >= 0.6 is 11.6 Å². The van der Waals surface area contributed by atoms with Gasteiger partial charge in [0, 0.05) is 35.7 Å². The first-order chi connectivity index (χ1) is 11.1. The number of benzene rings is 1. The van der Waals surface area contributed by atoms with Crippen LogP contribution in [0.15, 0.2) is 36.5 Å².